The third kappa shape index (κ3) is 3.13. The third-order valence-corrected chi connectivity index (χ3v) is 3.53. The number of aryl methyl sites for hydroxylation is 2. The lowest BCUT2D eigenvalue weighted by molar-refractivity contribution is -0.129. The summed E-state index contributed by atoms with van der Waals surface area (Å²) in [4.78, 5) is 18.4. The summed E-state index contributed by atoms with van der Waals surface area (Å²) in [6, 6.07) is 3.55. The van der Waals surface area contributed by atoms with Gasteiger partial charge in [-0.2, -0.15) is 4.98 Å². The molecular weight excluding hydrogens is 272 g/mol. The highest BCUT2D eigenvalue weighted by Crippen LogP contribution is 2.16. The summed E-state index contributed by atoms with van der Waals surface area (Å²) in [7, 11) is 0. The first-order valence-corrected chi connectivity index (χ1v) is 6.98. The summed E-state index contributed by atoms with van der Waals surface area (Å²) in [5.41, 5.74) is 0. The monoisotopic (exact) mass is 290 g/mol. The van der Waals surface area contributed by atoms with Crippen molar-refractivity contribution in [2.45, 2.75) is 32.9 Å². The fourth-order valence-corrected chi connectivity index (χ4v) is 2.53. The summed E-state index contributed by atoms with van der Waals surface area (Å²) in [5, 5.41) is 6.64. The highest BCUT2D eigenvalue weighted by Gasteiger charge is 2.31. The first-order valence-electron chi connectivity index (χ1n) is 6.98. The van der Waals surface area contributed by atoms with Gasteiger partial charge in [-0.3, -0.25) is 9.69 Å². The van der Waals surface area contributed by atoms with Crippen LogP contribution in [-0.4, -0.2) is 40.1 Å². The van der Waals surface area contributed by atoms with Crippen molar-refractivity contribution in [3.63, 3.8) is 0 Å². The van der Waals surface area contributed by atoms with E-state index in [2.05, 4.69) is 20.4 Å². The van der Waals surface area contributed by atoms with E-state index in [0.717, 1.165) is 18.1 Å². The number of amides is 1. The Morgan fingerprint density at radius 1 is 1.43 bits per heavy atom. The quantitative estimate of drug-likeness (QED) is 0.897. The molecule has 0 spiro atoms. The summed E-state index contributed by atoms with van der Waals surface area (Å²) in [5.74, 6) is 2.77. The third-order valence-electron chi connectivity index (χ3n) is 3.53. The van der Waals surface area contributed by atoms with Crippen LogP contribution in [0.2, 0.25) is 0 Å². The van der Waals surface area contributed by atoms with Crippen molar-refractivity contribution < 1.29 is 13.7 Å². The van der Waals surface area contributed by atoms with E-state index in [1.165, 1.54) is 0 Å². The van der Waals surface area contributed by atoms with Crippen molar-refractivity contribution >= 4 is 5.91 Å². The number of nitrogens with one attached hydrogen (secondary N) is 1. The molecule has 1 atom stereocenters. The lowest BCUT2D eigenvalue weighted by atomic mass is 10.1. The zero-order valence-electron chi connectivity index (χ0n) is 12.1. The van der Waals surface area contributed by atoms with E-state index in [0.29, 0.717) is 31.2 Å². The molecular formula is C14H18N4O3. The lowest BCUT2D eigenvalue weighted by Crippen LogP contribution is -2.55. The Kier molecular flexibility index (Phi) is 3.74. The summed E-state index contributed by atoms with van der Waals surface area (Å²) in [6.45, 7) is 5.67. The second-order valence-corrected chi connectivity index (χ2v) is 5.23. The molecule has 2 aromatic heterocycles. The van der Waals surface area contributed by atoms with Crippen LogP contribution in [-0.2, 0) is 17.8 Å². The van der Waals surface area contributed by atoms with Crippen LogP contribution >= 0.6 is 0 Å². The van der Waals surface area contributed by atoms with Crippen molar-refractivity contribution in [1.29, 1.82) is 0 Å². The van der Waals surface area contributed by atoms with Crippen LogP contribution in [0.15, 0.2) is 21.1 Å². The van der Waals surface area contributed by atoms with E-state index in [1.807, 2.05) is 19.1 Å². The molecule has 1 fully saturated rings. The van der Waals surface area contributed by atoms with E-state index in [-0.39, 0.29) is 11.9 Å². The minimum Gasteiger partial charge on any atom is -0.465 e. The van der Waals surface area contributed by atoms with Gasteiger partial charge in [-0.25, -0.2) is 0 Å². The molecule has 0 unspecified atom stereocenters. The van der Waals surface area contributed by atoms with Crippen LogP contribution < -0.4 is 5.32 Å². The van der Waals surface area contributed by atoms with E-state index in [1.54, 1.807) is 6.92 Å². The second kappa shape index (κ2) is 5.69. The zero-order chi connectivity index (χ0) is 14.8. The number of aromatic nitrogens is 2. The number of carbonyl (C=O) groups excluding carboxylic acids is 1. The summed E-state index contributed by atoms with van der Waals surface area (Å²) in [6.07, 6.45) is 0.409. The van der Waals surface area contributed by atoms with Crippen molar-refractivity contribution in [3.8, 4) is 0 Å². The molecule has 3 rings (SSSR count). The molecule has 0 bridgehead atoms. The van der Waals surface area contributed by atoms with Crippen LogP contribution in [0.25, 0.3) is 0 Å². The van der Waals surface area contributed by atoms with Crippen LogP contribution in [0.5, 0.6) is 0 Å². The number of carbonyl (C=O) groups is 1. The summed E-state index contributed by atoms with van der Waals surface area (Å²) >= 11 is 0. The van der Waals surface area contributed by atoms with Crippen molar-refractivity contribution in [3.05, 3.63) is 35.4 Å². The molecule has 7 nitrogen and oxygen atoms in total. The molecule has 1 amide bonds. The lowest BCUT2D eigenvalue weighted by Gasteiger charge is -2.33. The molecule has 0 radical (unpaired) electrons. The number of hydrogen-bond donors (Lipinski definition) is 1. The number of nitrogens with zero attached hydrogens (tertiary/aromatic N) is 3. The first kappa shape index (κ1) is 13.8. The molecule has 1 saturated heterocycles. The predicted octanol–water partition coefficient (Wildman–Crippen LogP) is 0.823. The van der Waals surface area contributed by atoms with Crippen molar-refractivity contribution in [2.24, 2.45) is 0 Å². The Bertz CT molecular complexity index is 634. The first-order chi connectivity index (χ1) is 10.1. The molecule has 2 aromatic rings. The fourth-order valence-electron chi connectivity index (χ4n) is 2.53. The molecule has 21 heavy (non-hydrogen) atoms. The molecule has 0 aliphatic carbocycles. The average Bonchev–Trinajstić information content (AvgIpc) is 3.03. The highest BCUT2D eigenvalue weighted by molar-refractivity contribution is 5.82. The second-order valence-electron chi connectivity index (χ2n) is 5.23. The van der Waals surface area contributed by atoms with Crippen LogP contribution in [0.1, 0.15) is 23.2 Å². The molecule has 0 aromatic carbocycles. The molecule has 1 aliphatic rings. The normalized spacial score (nSPS) is 19.7. The van der Waals surface area contributed by atoms with Gasteiger partial charge < -0.3 is 14.3 Å². The van der Waals surface area contributed by atoms with Gasteiger partial charge in [0.05, 0.1) is 19.0 Å². The molecule has 7 heteroatoms. The predicted molar refractivity (Wildman–Crippen MR) is 73.4 cm³/mol. The molecule has 1 aliphatic heterocycles. The van der Waals surface area contributed by atoms with Gasteiger partial charge in [0.1, 0.15) is 11.5 Å². The van der Waals surface area contributed by atoms with Crippen LogP contribution in [0, 0.1) is 13.8 Å². The minimum atomic E-state index is -0.316. The van der Waals surface area contributed by atoms with Crippen molar-refractivity contribution in [2.75, 3.05) is 13.1 Å². The maximum Gasteiger partial charge on any atom is 0.237 e. The maximum atomic E-state index is 12.1. The molecule has 0 saturated carbocycles. The summed E-state index contributed by atoms with van der Waals surface area (Å²) < 4.78 is 10.7. The van der Waals surface area contributed by atoms with Gasteiger partial charge in [-0.1, -0.05) is 5.16 Å². The van der Waals surface area contributed by atoms with Gasteiger partial charge in [0, 0.05) is 13.1 Å². The van der Waals surface area contributed by atoms with E-state index >= 15 is 0 Å². The number of piperazine rings is 1. The minimum absolute atomic E-state index is 0.0135. The number of furan rings is 1. The Morgan fingerprint density at radius 2 is 2.29 bits per heavy atom. The fraction of sp³-hybridized carbons (Fsp3) is 0.500. The van der Waals surface area contributed by atoms with E-state index < -0.39 is 0 Å². The average molecular weight is 290 g/mol. The zero-order valence-corrected chi connectivity index (χ0v) is 12.1. The van der Waals surface area contributed by atoms with Crippen molar-refractivity contribution in [1.82, 2.24) is 20.4 Å². The van der Waals surface area contributed by atoms with E-state index in [4.69, 9.17) is 8.94 Å². The topological polar surface area (TPSA) is 84.4 Å². The Labute approximate surface area is 122 Å². The Hall–Kier alpha value is -2.15. The maximum absolute atomic E-state index is 12.1. The standard InChI is InChI=1S/C14H18N4O3/c1-9-3-4-11(20-9)8-18-6-5-15-14(19)12(18)7-13-16-10(2)17-21-13/h3-4,12H,5-8H2,1-2H3,(H,15,19)/t12-/m0/s1. The molecule has 3 heterocycles. The smallest absolute Gasteiger partial charge is 0.237 e. The molecule has 112 valence electrons. The number of hydrogen-bond acceptors (Lipinski definition) is 6. The van der Waals surface area contributed by atoms with Crippen LogP contribution in [0.4, 0.5) is 0 Å². The Morgan fingerprint density at radius 3 is 2.95 bits per heavy atom. The van der Waals surface area contributed by atoms with Gasteiger partial charge in [-0.05, 0) is 26.0 Å². The van der Waals surface area contributed by atoms with Crippen LogP contribution in [0.3, 0.4) is 0 Å². The highest BCUT2D eigenvalue weighted by atomic mass is 16.5. The van der Waals surface area contributed by atoms with Gasteiger partial charge >= 0.3 is 0 Å². The largest absolute Gasteiger partial charge is 0.465 e. The Balaban J connectivity index is 1.74. The van der Waals surface area contributed by atoms with E-state index in [9.17, 15) is 4.79 Å². The SMILES string of the molecule is Cc1noc(C[C@H]2C(=O)NCCN2Cc2ccc(C)o2)n1. The number of rotatable bonds is 4. The van der Waals surface area contributed by atoms with Gasteiger partial charge in [0.2, 0.25) is 11.8 Å². The van der Waals surface area contributed by atoms with Gasteiger partial charge in [0.15, 0.2) is 5.82 Å². The van der Waals surface area contributed by atoms with Gasteiger partial charge in [-0.15, -0.1) is 0 Å². The van der Waals surface area contributed by atoms with Gasteiger partial charge in [0.25, 0.3) is 0 Å². The molecule has 1 N–H and O–H groups in total.